The van der Waals surface area contributed by atoms with E-state index in [0.29, 0.717) is 6.04 Å². The van der Waals surface area contributed by atoms with Crippen LogP contribution in [0.2, 0.25) is 0 Å². The predicted octanol–water partition coefficient (Wildman–Crippen LogP) is 2.58. The lowest BCUT2D eigenvalue weighted by Gasteiger charge is -2.29. The maximum atomic E-state index is 5.88. The van der Waals surface area contributed by atoms with Gasteiger partial charge in [0, 0.05) is 19.1 Å². The van der Waals surface area contributed by atoms with Crippen LogP contribution in [-0.2, 0) is 0 Å². The van der Waals surface area contributed by atoms with Gasteiger partial charge in [-0.05, 0) is 43.7 Å². The average molecular weight is 244 g/mol. The molecule has 3 heteroatoms. The van der Waals surface area contributed by atoms with E-state index in [9.17, 15) is 0 Å². The number of thioether (sulfide) groups is 1. The maximum Gasteiger partial charge on any atom is 0.0223 e. The first kappa shape index (κ1) is 14.3. The highest BCUT2D eigenvalue weighted by Gasteiger charge is 2.20. The fraction of sp³-hybridized carbons (Fsp3) is 1.00. The Balaban J connectivity index is 2.21. The molecule has 0 aromatic carbocycles. The van der Waals surface area contributed by atoms with Crippen molar-refractivity contribution in [3.63, 3.8) is 0 Å². The number of likely N-dealkylation sites (N-methyl/N-ethyl adjacent to an activating group) is 1. The third-order valence-electron chi connectivity index (χ3n) is 3.72. The predicted molar refractivity (Wildman–Crippen MR) is 75.0 cm³/mol. The van der Waals surface area contributed by atoms with E-state index in [-0.39, 0.29) is 0 Å². The number of nitrogens with zero attached hydrogens (tertiary/aromatic N) is 1. The molecule has 1 saturated carbocycles. The quantitative estimate of drug-likeness (QED) is 0.666. The Bertz CT molecular complexity index is 169. The van der Waals surface area contributed by atoms with E-state index in [1.807, 2.05) is 11.8 Å². The molecule has 0 aromatic rings. The molecule has 1 rings (SSSR count). The molecule has 0 aromatic heterocycles. The van der Waals surface area contributed by atoms with Crippen molar-refractivity contribution < 1.29 is 0 Å². The summed E-state index contributed by atoms with van der Waals surface area (Å²) in [5.74, 6) is 3.43. The van der Waals surface area contributed by atoms with Crippen LogP contribution in [-0.4, -0.2) is 42.6 Å². The largest absolute Gasteiger partial charge is 0.329 e. The Kier molecular flexibility index (Phi) is 7.50. The summed E-state index contributed by atoms with van der Waals surface area (Å²) in [5.41, 5.74) is 5.88. The van der Waals surface area contributed by atoms with Gasteiger partial charge in [0.15, 0.2) is 0 Å². The van der Waals surface area contributed by atoms with Gasteiger partial charge in [-0.2, -0.15) is 11.8 Å². The number of hydrogen-bond acceptors (Lipinski definition) is 3. The SMILES string of the molecule is CCSCCC(CN)N(C)CC1CCCC1. The van der Waals surface area contributed by atoms with Crippen LogP contribution in [0.25, 0.3) is 0 Å². The number of hydrogen-bond donors (Lipinski definition) is 1. The van der Waals surface area contributed by atoms with Crippen LogP contribution in [0, 0.1) is 5.92 Å². The lowest BCUT2D eigenvalue weighted by molar-refractivity contribution is 0.207. The van der Waals surface area contributed by atoms with Crippen LogP contribution in [0.5, 0.6) is 0 Å². The average Bonchev–Trinajstić information content (AvgIpc) is 2.77. The van der Waals surface area contributed by atoms with Crippen molar-refractivity contribution >= 4 is 11.8 Å². The van der Waals surface area contributed by atoms with E-state index in [2.05, 4.69) is 18.9 Å². The summed E-state index contributed by atoms with van der Waals surface area (Å²) in [7, 11) is 2.26. The highest BCUT2D eigenvalue weighted by atomic mass is 32.2. The Morgan fingerprint density at radius 1 is 1.38 bits per heavy atom. The van der Waals surface area contributed by atoms with Gasteiger partial charge < -0.3 is 10.6 Å². The Morgan fingerprint density at radius 3 is 2.62 bits per heavy atom. The zero-order chi connectivity index (χ0) is 11.8. The molecule has 1 aliphatic rings. The van der Waals surface area contributed by atoms with Gasteiger partial charge in [-0.1, -0.05) is 19.8 Å². The second-order valence-corrected chi connectivity index (χ2v) is 6.36. The first-order valence-corrected chi connectivity index (χ1v) is 7.91. The summed E-state index contributed by atoms with van der Waals surface area (Å²) in [5, 5.41) is 0. The van der Waals surface area contributed by atoms with E-state index in [1.54, 1.807) is 0 Å². The molecule has 1 unspecified atom stereocenters. The highest BCUT2D eigenvalue weighted by Crippen LogP contribution is 2.25. The minimum Gasteiger partial charge on any atom is -0.329 e. The third kappa shape index (κ3) is 5.07. The number of rotatable bonds is 8. The van der Waals surface area contributed by atoms with Crippen molar-refractivity contribution in [3.05, 3.63) is 0 Å². The minimum atomic E-state index is 0.597. The molecule has 0 aliphatic heterocycles. The van der Waals surface area contributed by atoms with Gasteiger partial charge in [-0.25, -0.2) is 0 Å². The Labute approximate surface area is 105 Å². The van der Waals surface area contributed by atoms with Gasteiger partial charge in [0.1, 0.15) is 0 Å². The van der Waals surface area contributed by atoms with Crippen LogP contribution >= 0.6 is 11.8 Å². The molecular weight excluding hydrogens is 216 g/mol. The Hall–Kier alpha value is 0.270. The summed E-state index contributed by atoms with van der Waals surface area (Å²) in [6, 6.07) is 0.597. The first-order valence-electron chi connectivity index (χ1n) is 6.76. The second kappa shape index (κ2) is 8.37. The topological polar surface area (TPSA) is 29.3 Å². The van der Waals surface area contributed by atoms with Crippen molar-refractivity contribution in [2.45, 2.75) is 45.1 Å². The van der Waals surface area contributed by atoms with Gasteiger partial charge >= 0.3 is 0 Å². The van der Waals surface area contributed by atoms with Gasteiger partial charge in [0.05, 0.1) is 0 Å². The fourth-order valence-electron chi connectivity index (χ4n) is 2.63. The van der Waals surface area contributed by atoms with E-state index in [0.717, 1.165) is 12.5 Å². The molecule has 2 nitrogen and oxygen atoms in total. The minimum absolute atomic E-state index is 0.597. The lowest BCUT2D eigenvalue weighted by Crippen LogP contribution is -2.40. The van der Waals surface area contributed by atoms with E-state index in [4.69, 9.17) is 5.73 Å². The maximum absolute atomic E-state index is 5.88. The van der Waals surface area contributed by atoms with Gasteiger partial charge in [-0.3, -0.25) is 0 Å². The summed E-state index contributed by atoms with van der Waals surface area (Å²) in [4.78, 5) is 2.51. The molecule has 1 fully saturated rings. The van der Waals surface area contributed by atoms with Crippen LogP contribution in [0.3, 0.4) is 0 Å². The summed E-state index contributed by atoms with van der Waals surface area (Å²) in [6.45, 7) is 4.30. The molecule has 0 heterocycles. The van der Waals surface area contributed by atoms with Gasteiger partial charge in [0.2, 0.25) is 0 Å². The van der Waals surface area contributed by atoms with Crippen molar-refractivity contribution in [1.29, 1.82) is 0 Å². The number of nitrogens with two attached hydrogens (primary N) is 1. The molecular formula is C13H28N2S. The van der Waals surface area contributed by atoms with Crippen LogP contribution in [0.4, 0.5) is 0 Å². The molecule has 16 heavy (non-hydrogen) atoms. The zero-order valence-electron chi connectivity index (χ0n) is 11.0. The zero-order valence-corrected chi connectivity index (χ0v) is 11.8. The monoisotopic (exact) mass is 244 g/mol. The highest BCUT2D eigenvalue weighted by molar-refractivity contribution is 7.99. The van der Waals surface area contributed by atoms with Crippen molar-refractivity contribution in [1.82, 2.24) is 4.90 Å². The Morgan fingerprint density at radius 2 is 2.06 bits per heavy atom. The molecule has 96 valence electrons. The molecule has 1 atom stereocenters. The van der Waals surface area contributed by atoms with E-state index >= 15 is 0 Å². The van der Waals surface area contributed by atoms with Crippen molar-refractivity contribution in [3.8, 4) is 0 Å². The van der Waals surface area contributed by atoms with Crippen molar-refractivity contribution in [2.24, 2.45) is 11.7 Å². The molecule has 2 N–H and O–H groups in total. The normalized spacial score (nSPS) is 19.5. The molecule has 0 bridgehead atoms. The van der Waals surface area contributed by atoms with Crippen LogP contribution in [0.1, 0.15) is 39.0 Å². The second-order valence-electron chi connectivity index (χ2n) is 4.97. The van der Waals surface area contributed by atoms with Crippen molar-refractivity contribution in [2.75, 3.05) is 31.6 Å². The molecule has 0 saturated heterocycles. The molecule has 0 amide bonds. The van der Waals surface area contributed by atoms with Crippen LogP contribution in [0.15, 0.2) is 0 Å². The smallest absolute Gasteiger partial charge is 0.0223 e. The third-order valence-corrected chi connectivity index (χ3v) is 4.65. The summed E-state index contributed by atoms with van der Waals surface area (Å²) in [6.07, 6.45) is 7.00. The molecule has 0 spiro atoms. The van der Waals surface area contributed by atoms with E-state index in [1.165, 1.54) is 50.2 Å². The van der Waals surface area contributed by atoms with Gasteiger partial charge in [0.25, 0.3) is 0 Å². The molecule has 0 radical (unpaired) electrons. The standard InChI is InChI=1S/C13H28N2S/c1-3-16-9-8-13(10-14)15(2)11-12-6-4-5-7-12/h12-13H,3-11,14H2,1-2H3. The lowest BCUT2D eigenvalue weighted by atomic mass is 10.1. The van der Waals surface area contributed by atoms with E-state index < -0.39 is 0 Å². The summed E-state index contributed by atoms with van der Waals surface area (Å²) >= 11 is 2.03. The van der Waals surface area contributed by atoms with Crippen LogP contribution < -0.4 is 5.73 Å². The molecule has 1 aliphatic carbocycles. The first-order chi connectivity index (χ1) is 7.77. The fourth-order valence-corrected chi connectivity index (χ4v) is 3.36. The summed E-state index contributed by atoms with van der Waals surface area (Å²) < 4.78 is 0. The van der Waals surface area contributed by atoms with Gasteiger partial charge in [-0.15, -0.1) is 0 Å².